The number of methoxy groups -OCH3 is 2. The Hall–Kier alpha value is -1.46. The molecule has 1 heterocycles. The van der Waals surface area contributed by atoms with Crippen molar-refractivity contribution in [2.24, 2.45) is 5.92 Å². The van der Waals surface area contributed by atoms with Gasteiger partial charge in [-0.3, -0.25) is 4.79 Å². The highest BCUT2D eigenvalue weighted by atomic mass is 35.5. The number of ether oxygens (including phenoxy) is 2. The first-order chi connectivity index (χ1) is 11.6. The number of carbonyl (C=O) groups is 1. The van der Waals surface area contributed by atoms with Gasteiger partial charge in [0.2, 0.25) is 5.91 Å². The van der Waals surface area contributed by atoms with Crippen molar-refractivity contribution in [1.29, 1.82) is 0 Å². The maximum atomic E-state index is 12.6. The smallest absolute Gasteiger partial charge is 0.237 e. The summed E-state index contributed by atoms with van der Waals surface area (Å²) >= 11 is 0. The zero-order valence-corrected chi connectivity index (χ0v) is 16.0. The van der Waals surface area contributed by atoms with Crippen LogP contribution in [-0.2, 0) is 4.79 Å². The highest BCUT2D eigenvalue weighted by Gasteiger charge is 2.38. The second-order valence-corrected chi connectivity index (χ2v) is 6.95. The Morgan fingerprint density at radius 2 is 1.92 bits per heavy atom. The molecule has 1 amide bonds. The molecule has 1 aromatic carbocycles. The molecule has 2 aliphatic rings. The van der Waals surface area contributed by atoms with Gasteiger partial charge in [0.05, 0.1) is 26.3 Å². The van der Waals surface area contributed by atoms with Gasteiger partial charge >= 0.3 is 0 Å². The van der Waals surface area contributed by atoms with Gasteiger partial charge in [-0.15, -0.1) is 12.4 Å². The lowest BCUT2D eigenvalue weighted by Gasteiger charge is -2.24. The Labute approximate surface area is 156 Å². The molecule has 3 rings (SSSR count). The average Bonchev–Trinajstić information content (AvgIpc) is 3.05. The summed E-state index contributed by atoms with van der Waals surface area (Å²) in [6.45, 7) is 2.00. The highest BCUT2D eigenvalue weighted by Crippen LogP contribution is 2.34. The van der Waals surface area contributed by atoms with Gasteiger partial charge < -0.3 is 20.1 Å². The fourth-order valence-electron chi connectivity index (χ4n) is 4.04. The number of hydrogen-bond acceptors (Lipinski definition) is 4. The van der Waals surface area contributed by atoms with Gasteiger partial charge in [0.15, 0.2) is 11.5 Å². The van der Waals surface area contributed by atoms with E-state index >= 15 is 0 Å². The lowest BCUT2D eigenvalue weighted by atomic mass is 9.85. The zero-order valence-electron chi connectivity index (χ0n) is 15.2. The Bertz CT molecular complexity index is 582. The molecule has 1 aromatic rings. The van der Waals surface area contributed by atoms with Gasteiger partial charge in [0, 0.05) is 6.04 Å². The molecular formula is C19H29ClN2O3. The fraction of sp³-hybridized carbons (Fsp3) is 0.632. The summed E-state index contributed by atoms with van der Waals surface area (Å²) in [6, 6.07) is 6.17. The highest BCUT2D eigenvalue weighted by molar-refractivity contribution is 5.85. The summed E-state index contributed by atoms with van der Waals surface area (Å²) in [6.07, 6.45) is 6.02. The molecule has 25 heavy (non-hydrogen) atoms. The minimum Gasteiger partial charge on any atom is -0.493 e. The number of nitrogens with one attached hydrogen (secondary N) is 2. The van der Waals surface area contributed by atoms with E-state index in [4.69, 9.17) is 9.47 Å². The van der Waals surface area contributed by atoms with Gasteiger partial charge in [0.25, 0.3) is 0 Å². The molecule has 5 nitrogen and oxygen atoms in total. The number of amides is 1. The Balaban J connectivity index is 0.00000225. The topological polar surface area (TPSA) is 59.6 Å². The first-order valence-electron chi connectivity index (χ1n) is 8.90. The third kappa shape index (κ3) is 4.39. The Kier molecular flexibility index (Phi) is 6.96. The predicted octanol–water partition coefficient (Wildman–Crippen LogP) is 3.22. The van der Waals surface area contributed by atoms with Gasteiger partial charge in [-0.2, -0.15) is 0 Å². The van der Waals surface area contributed by atoms with Crippen LogP contribution in [0.5, 0.6) is 11.5 Å². The van der Waals surface area contributed by atoms with Crippen molar-refractivity contribution >= 4 is 18.3 Å². The molecule has 1 saturated heterocycles. The molecule has 1 aliphatic heterocycles. The summed E-state index contributed by atoms with van der Waals surface area (Å²) in [5.41, 5.74) is 1.01. The second-order valence-electron chi connectivity index (χ2n) is 6.95. The van der Waals surface area contributed by atoms with Crippen LogP contribution in [-0.4, -0.2) is 32.2 Å². The zero-order chi connectivity index (χ0) is 17.1. The predicted molar refractivity (Wildman–Crippen MR) is 101 cm³/mol. The van der Waals surface area contributed by atoms with Crippen LogP contribution in [0.4, 0.5) is 0 Å². The molecule has 2 N–H and O–H groups in total. The number of hydrogen-bond donors (Lipinski definition) is 2. The lowest BCUT2D eigenvalue weighted by Crippen LogP contribution is -2.43. The molecule has 0 spiro atoms. The number of halogens is 1. The van der Waals surface area contributed by atoms with E-state index in [0.717, 1.165) is 12.0 Å². The number of rotatable bonds is 5. The van der Waals surface area contributed by atoms with E-state index in [1.165, 1.54) is 25.7 Å². The molecule has 0 radical (unpaired) electrons. The third-order valence-electron chi connectivity index (χ3n) is 5.45. The van der Waals surface area contributed by atoms with E-state index in [1.54, 1.807) is 14.2 Å². The summed E-state index contributed by atoms with van der Waals surface area (Å²) in [5, 5.41) is 6.67. The van der Waals surface area contributed by atoms with Crippen LogP contribution in [0.3, 0.4) is 0 Å². The fourth-order valence-corrected chi connectivity index (χ4v) is 4.04. The summed E-state index contributed by atoms with van der Waals surface area (Å²) < 4.78 is 10.6. The first kappa shape index (κ1) is 19.9. The van der Waals surface area contributed by atoms with Crippen LogP contribution < -0.4 is 20.1 Å². The van der Waals surface area contributed by atoms with Crippen LogP contribution in [0.25, 0.3) is 0 Å². The molecule has 0 aromatic heterocycles. The van der Waals surface area contributed by atoms with E-state index in [2.05, 4.69) is 10.6 Å². The SMILES string of the molecule is COc1ccc(C(C)NC(=O)C2CC3CCCCC3N2)cc1OC.Cl. The summed E-state index contributed by atoms with van der Waals surface area (Å²) in [7, 11) is 3.24. The molecule has 2 fully saturated rings. The molecule has 4 atom stereocenters. The van der Waals surface area contributed by atoms with Crippen molar-refractivity contribution in [2.45, 2.75) is 57.2 Å². The van der Waals surface area contributed by atoms with Gasteiger partial charge in [0.1, 0.15) is 0 Å². The monoisotopic (exact) mass is 368 g/mol. The van der Waals surface area contributed by atoms with Crippen molar-refractivity contribution in [3.8, 4) is 11.5 Å². The maximum Gasteiger partial charge on any atom is 0.237 e. The number of carbonyl (C=O) groups excluding carboxylic acids is 1. The van der Waals surface area contributed by atoms with E-state index in [0.29, 0.717) is 23.5 Å². The minimum atomic E-state index is -0.0678. The van der Waals surface area contributed by atoms with E-state index in [-0.39, 0.29) is 30.4 Å². The third-order valence-corrected chi connectivity index (χ3v) is 5.45. The van der Waals surface area contributed by atoms with E-state index in [1.807, 2.05) is 25.1 Å². The van der Waals surface area contributed by atoms with E-state index < -0.39 is 0 Å². The van der Waals surface area contributed by atoms with Crippen molar-refractivity contribution in [3.05, 3.63) is 23.8 Å². The molecule has 1 saturated carbocycles. The molecular weight excluding hydrogens is 340 g/mol. The van der Waals surface area contributed by atoms with Gasteiger partial charge in [-0.1, -0.05) is 18.9 Å². The minimum absolute atomic E-state index is 0. The van der Waals surface area contributed by atoms with Crippen LogP contribution in [0, 0.1) is 5.92 Å². The van der Waals surface area contributed by atoms with Gasteiger partial charge in [-0.05, 0) is 49.8 Å². The molecule has 140 valence electrons. The largest absolute Gasteiger partial charge is 0.493 e. The van der Waals surface area contributed by atoms with Crippen molar-refractivity contribution < 1.29 is 14.3 Å². The van der Waals surface area contributed by atoms with Crippen LogP contribution >= 0.6 is 12.4 Å². The Morgan fingerprint density at radius 1 is 1.20 bits per heavy atom. The molecule has 6 heteroatoms. The number of benzene rings is 1. The first-order valence-corrected chi connectivity index (χ1v) is 8.90. The lowest BCUT2D eigenvalue weighted by molar-refractivity contribution is -0.123. The van der Waals surface area contributed by atoms with Crippen molar-refractivity contribution in [3.63, 3.8) is 0 Å². The second kappa shape index (κ2) is 8.77. The quantitative estimate of drug-likeness (QED) is 0.837. The molecule has 1 aliphatic carbocycles. The van der Waals surface area contributed by atoms with Crippen molar-refractivity contribution in [2.75, 3.05) is 14.2 Å². The van der Waals surface area contributed by atoms with Crippen molar-refractivity contribution in [1.82, 2.24) is 10.6 Å². The molecule has 4 unspecified atom stereocenters. The van der Waals surface area contributed by atoms with Crippen LogP contribution in [0.2, 0.25) is 0 Å². The van der Waals surface area contributed by atoms with E-state index in [9.17, 15) is 4.79 Å². The maximum absolute atomic E-state index is 12.6. The van der Waals surface area contributed by atoms with Crippen LogP contribution in [0.15, 0.2) is 18.2 Å². The van der Waals surface area contributed by atoms with Crippen LogP contribution in [0.1, 0.15) is 50.6 Å². The summed E-state index contributed by atoms with van der Waals surface area (Å²) in [5.74, 6) is 2.15. The Morgan fingerprint density at radius 3 is 2.60 bits per heavy atom. The molecule has 0 bridgehead atoms. The number of fused-ring (bicyclic) bond motifs is 1. The normalized spacial score (nSPS) is 26.1. The average molecular weight is 369 g/mol. The standard InChI is InChI=1S/C19H28N2O3.ClH/c1-12(13-8-9-17(23-2)18(11-13)24-3)20-19(22)16-10-14-6-4-5-7-15(14)21-16;/h8-9,11-12,14-16,21H,4-7,10H2,1-3H3,(H,20,22);1H. The van der Waals surface area contributed by atoms with Gasteiger partial charge in [-0.25, -0.2) is 0 Å². The summed E-state index contributed by atoms with van der Waals surface area (Å²) in [4.78, 5) is 12.6.